The van der Waals surface area contributed by atoms with Crippen molar-refractivity contribution in [2.24, 2.45) is 5.10 Å². The summed E-state index contributed by atoms with van der Waals surface area (Å²) in [5.74, 6) is 0.129. The van der Waals surface area contributed by atoms with Gasteiger partial charge in [0.25, 0.3) is 0 Å². The lowest BCUT2D eigenvalue weighted by Gasteiger charge is -2.04. The van der Waals surface area contributed by atoms with Gasteiger partial charge in [0.15, 0.2) is 0 Å². The molecule has 3 nitrogen and oxygen atoms in total. The molecule has 1 aromatic heterocycles. The standard InChI is InChI=1S/C20H14F2N2O/c21-20(22)25-15-11-9-14(10-12-15)13-23-24-18-7-3-1-5-16(18)17-6-2-4-8-19(17)24/h1-13,20H. The average Bonchev–Trinajstić information content (AvgIpc) is 2.95. The number of hydrogen-bond donors (Lipinski definition) is 0. The fraction of sp³-hybridized carbons (Fsp3) is 0.0500. The second-order valence-corrected chi connectivity index (χ2v) is 5.54. The van der Waals surface area contributed by atoms with E-state index in [-0.39, 0.29) is 5.75 Å². The number of halogens is 2. The third-order valence-electron chi connectivity index (χ3n) is 3.98. The minimum atomic E-state index is -2.82. The zero-order chi connectivity index (χ0) is 17.2. The SMILES string of the molecule is FC(F)Oc1ccc(C=Nn2c3ccccc3c3ccccc32)cc1. The van der Waals surface area contributed by atoms with Crippen LogP contribution in [0.5, 0.6) is 5.75 Å². The number of hydrogen-bond acceptors (Lipinski definition) is 2. The molecule has 0 atom stereocenters. The number of alkyl halides is 2. The molecule has 0 aliphatic carbocycles. The van der Waals surface area contributed by atoms with E-state index in [9.17, 15) is 8.78 Å². The molecular formula is C20H14F2N2O. The number of nitrogens with zero attached hydrogens (tertiary/aromatic N) is 2. The minimum absolute atomic E-state index is 0.129. The lowest BCUT2D eigenvalue weighted by molar-refractivity contribution is -0.0498. The van der Waals surface area contributed by atoms with Crippen LogP contribution in [0.15, 0.2) is 77.9 Å². The molecule has 124 valence electrons. The first kappa shape index (κ1) is 15.3. The van der Waals surface area contributed by atoms with E-state index in [0.717, 1.165) is 27.4 Å². The Hall–Kier alpha value is -3.21. The van der Waals surface area contributed by atoms with Crippen molar-refractivity contribution in [3.8, 4) is 5.75 Å². The summed E-state index contributed by atoms with van der Waals surface area (Å²) in [5, 5.41) is 6.86. The second-order valence-electron chi connectivity index (χ2n) is 5.54. The zero-order valence-electron chi connectivity index (χ0n) is 13.1. The number of aromatic nitrogens is 1. The average molecular weight is 336 g/mol. The van der Waals surface area contributed by atoms with Gasteiger partial charge in [-0.2, -0.15) is 13.9 Å². The fourth-order valence-electron chi connectivity index (χ4n) is 2.89. The molecule has 1 heterocycles. The van der Waals surface area contributed by atoms with E-state index in [1.54, 1.807) is 18.3 Å². The van der Waals surface area contributed by atoms with Crippen LogP contribution in [0.2, 0.25) is 0 Å². The third-order valence-corrected chi connectivity index (χ3v) is 3.98. The Kier molecular flexibility index (Phi) is 3.90. The molecule has 4 rings (SSSR count). The van der Waals surface area contributed by atoms with Crippen LogP contribution in [0.4, 0.5) is 8.78 Å². The van der Waals surface area contributed by atoms with Gasteiger partial charge in [0.2, 0.25) is 0 Å². The van der Waals surface area contributed by atoms with Crippen LogP contribution < -0.4 is 4.74 Å². The molecule has 0 amide bonds. The van der Waals surface area contributed by atoms with E-state index in [0.29, 0.717) is 0 Å². The van der Waals surface area contributed by atoms with Gasteiger partial charge in [-0.25, -0.2) is 4.68 Å². The first-order valence-corrected chi connectivity index (χ1v) is 7.80. The van der Waals surface area contributed by atoms with E-state index in [1.807, 2.05) is 41.1 Å². The van der Waals surface area contributed by atoms with E-state index >= 15 is 0 Å². The lowest BCUT2D eigenvalue weighted by atomic mass is 10.2. The smallest absolute Gasteiger partial charge is 0.387 e. The van der Waals surface area contributed by atoms with Gasteiger partial charge >= 0.3 is 6.61 Å². The van der Waals surface area contributed by atoms with Crippen molar-refractivity contribution in [3.63, 3.8) is 0 Å². The molecule has 25 heavy (non-hydrogen) atoms. The molecule has 0 radical (unpaired) electrons. The van der Waals surface area contributed by atoms with Crippen LogP contribution in [0.3, 0.4) is 0 Å². The quantitative estimate of drug-likeness (QED) is 0.466. The van der Waals surface area contributed by atoms with E-state index in [4.69, 9.17) is 0 Å². The predicted molar refractivity (Wildman–Crippen MR) is 95.5 cm³/mol. The zero-order valence-corrected chi connectivity index (χ0v) is 13.1. The van der Waals surface area contributed by atoms with Crippen molar-refractivity contribution in [2.75, 3.05) is 0 Å². The molecule has 0 unspecified atom stereocenters. The van der Waals surface area contributed by atoms with Crippen LogP contribution >= 0.6 is 0 Å². The van der Waals surface area contributed by atoms with Crippen molar-refractivity contribution < 1.29 is 13.5 Å². The van der Waals surface area contributed by atoms with Gasteiger partial charge in [0.1, 0.15) is 5.75 Å². The number of benzene rings is 3. The summed E-state index contributed by atoms with van der Waals surface area (Å²) in [4.78, 5) is 0. The summed E-state index contributed by atoms with van der Waals surface area (Å²) in [6.45, 7) is -2.82. The Labute approximate surface area is 142 Å². The predicted octanol–water partition coefficient (Wildman–Crippen LogP) is 5.28. The fourth-order valence-corrected chi connectivity index (χ4v) is 2.89. The van der Waals surface area contributed by atoms with Crippen LogP contribution in [-0.2, 0) is 0 Å². The van der Waals surface area contributed by atoms with Crippen LogP contribution in [-0.4, -0.2) is 17.5 Å². The monoisotopic (exact) mass is 336 g/mol. The van der Waals surface area contributed by atoms with Crippen LogP contribution in [0.25, 0.3) is 21.8 Å². The Morgan fingerprint density at radius 3 is 1.92 bits per heavy atom. The maximum Gasteiger partial charge on any atom is 0.387 e. The molecule has 0 saturated carbocycles. The molecule has 0 bridgehead atoms. The third kappa shape index (κ3) is 2.96. The Balaban J connectivity index is 1.73. The maximum absolute atomic E-state index is 12.2. The summed E-state index contributed by atoms with van der Waals surface area (Å²) >= 11 is 0. The first-order valence-electron chi connectivity index (χ1n) is 7.80. The number of ether oxygens (including phenoxy) is 1. The highest BCUT2D eigenvalue weighted by Crippen LogP contribution is 2.28. The lowest BCUT2D eigenvalue weighted by Crippen LogP contribution is -2.01. The summed E-state index contributed by atoms with van der Waals surface area (Å²) < 4.78 is 30.6. The highest BCUT2D eigenvalue weighted by molar-refractivity contribution is 6.08. The number of fused-ring (bicyclic) bond motifs is 3. The Morgan fingerprint density at radius 2 is 1.36 bits per heavy atom. The molecule has 0 fully saturated rings. The van der Waals surface area contributed by atoms with E-state index in [2.05, 4.69) is 22.0 Å². The summed E-state index contributed by atoms with van der Waals surface area (Å²) in [6, 6.07) is 22.5. The summed E-state index contributed by atoms with van der Waals surface area (Å²) in [7, 11) is 0. The first-order chi connectivity index (χ1) is 12.2. The molecule has 4 aromatic rings. The van der Waals surface area contributed by atoms with E-state index < -0.39 is 6.61 Å². The topological polar surface area (TPSA) is 26.5 Å². The van der Waals surface area contributed by atoms with Crippen LogP contribution in [0, 0.1) is 0 Å². The van der Waals surface area contributed by atoms with Crippen molar-refractivity contribution >= 4 is 28.0 Å². The van der Waals surface area contributed by atoms with Gasteiger partial charge in [-0.05, 0) is 42.0 Å². The van der Waals surface area contributed by atoms with Crippen molar-refractivity contribution in [3.05, 3.63) is 78.4 Å². The second kappa shape index (κ2) is 6.36. The Bertz CT molecular complexity index is 999. The highest BCUT2D eigenvalue weighted by atomic mass is 19.3. The van der Waals surface area contributed by atoms with E-state index in [1.165, 1.54) is 12.1 Å². The minimum Gasteiger partial charge on any atom is -0.435 e. The molecule has 0 aliphatic rings. The molecule has 0 saturated heterocycles. The van der Waals surface area contributed by atoms with Gasteiger partial charge in [-0.1, -0.05) is 36.4 Å². The van der Waals surface area contributed by atoms with Gasteiger partial charge < -0.3 is 4.74 Å². The molecule has 0 spiro atoms. The maximum atomic E-state index is 12.2. The van der Waals surface area contributed by atoms with Gasteiger partial charge in [-0.15, -0.1) is 0 Å². The van der Waals surface area contributed by atoms with Gasteiger partial charge in [0.05, 0.1) is 17.2 Å². The molecule has 0 aliphatic heterocycles. The largest absolute Gasteiger partial charge is 0.435 e. The van der Waals surface area contributed by atoms with Crippen molar-refractivity contribution in [1.82, 2.24) is 4.68 Å². The van der Waals surface area contributed by atoms with Crippen molar-refractivity contribution in [2.45, 2.75) is 6.61 Å². The number of para-hydroxylation sites is 2. The van der Waals surface area contributed by atoms with Crippen LogP contribution in [0.1, 0.15) is 5.56 Å². The summed E-state index contributed by atoms with van der Waals surface area (Å²) in [6.07, 6.45) is 1.70. The molecule has 5 heteroatoms. The highest BCUT2D eigenvalue weighted by Gasteiger charge is 2.08. The number of rotatable bonds is 4. The molecule has 3 aromatic carbocycles. The summed E-state index contributed by atoms with van der Waals surface area (Å²) in [5.41, 5.74) is 2.82. The Morgan fingerprint density at radius 1 is 0.800 bits per heavy atom. The molecule has 0 N–H and O–H groups in total. The van der Waals surface area contributed by atoms with Gasteiger partial charge in [-0.3, -0.25) is 0 Å². The molecular weight excluding hydrogens is 322 g/mol. The van der Waals surface area contributed by atoms with Gasteiger partial charge in [0, 0.05) is 10.8 Å². The normalized spacial score (nSPS) is 11.8. The van der Waals surface area contributed by atoms with Crippen molar-refractivity contribution in [1.29, 1.82) is 0 Å².